The molecule has 5 aromatic rings. The summed E-state index contributed by atoms with van der Waals surface area (Å²) in [4.78, 5) is 22.0. The zero-order valence-electron chi connectivity index (χ0n) is 25.5. The van der Waals surface area contributed by atoms with Gasteiger partial charge in [-0.25, -0.2) is 24.1 Å². The Bertz CT molecular complexity index is 1600. The molecule has 8 nitrogen and oxygen atoms in total. The van der Waals surface area contributed by atoms with Gasteiger partial charge in [-0.15, -0.1) is 23.4 Å². The molecule has 11 heteroatoms. The largest absolute Gasteiger partial charge is 1.00 e. The molecule has 0 aliphatic carbocycles. The van der Waals surface area contributed by atoms with E-state index >= 15 is 0 Å². The Labute approximate surface area is 268 Å². The van der Waals surface area contributed by atoms with E-state index in [1.54, 1.807) is 24.8 Å². The fraction of sp³-hybridized carbons (Fsp3) is 0.290. The van der Waals surface area contributed by atoms with E-state index in [4.69, 9.17) is 1.37 Å². The molecule has 0 N–H and O–H groups in total. The smallest absolute Gasteiger partial charge is 0.322 e. The van der Waals surface area contributed by atoms with Crippen LogP contribution >= 0.6 is 0 Å². The Kier molecular flexibility index (Phi) is 12.3. The third-order valence-corrected chi connectivity index (χ3v) is 6.34. The predicted molar refractivity (Wildman–Crippen MR) is 157 cm³/mol. The maximum absolute atomic E-state index is 9.96. The van der Waals surface area contributed by atoms with Crippen LogP contribution in [0.15, 0.2) is 73.6 Å². The Morgan fingerprint density at radius 2 is 1.57 bits per heavy atom. The van der Waals surface area contributed by atoms with Crippen molar-refractivity contribution < 1.29 is 42.8 Å². The minimum absolute atomic E-state index is 0. The number of anilines is 3. The van der Waals surface area contributed by atoms with Crippen LogP contribution in [0.3, 0.4) is 0 Å². The number of hydrogen-bond donors (Lipinski definition) is 0. The van der Waals surface area contributed by atoms with Crippen molar-refractivity contribution in [2.75, 3.05) is 17.0 Å². The molecule has 3 aromatic heterocycles. The van der Waals surface area contributed by atoms with Gasteiger partial charge >= 0.3 is 5.65 Å². The summed E-state index contributed by atoms with van der Waals surface area (Å²) in [6.07, 6.45) is 9.00. The van der Waals surface area contributed by atoms with Crippen LogP contribution in [-0.4, -0.2) is 37.7 Å². The fourth-order valence-electron chi connectivity index (χ4n) is 4.42. The van der Waals surface area contributed by atoms with Gasteiger partial charge in [-0.3, -0.25) is 4.39 Å². The molecule has 4 heterocycles. The van der Waals surface area contributed by atoms with Crippen molar-refractivity contribution in [1.29, 1.82) is 0 Å². The molecule has 42 heavy (non-hydrogen) atoms. The van der Waals surface area contributed by atoms with Crippen molar-refractivity contribution in [2.24, 2.45) is 0 Å². The number of nitrogens with zero attached hydrogens (tertiary/aromatic N) is 8. The Hall–Kier alpha value is -3.46. The van der Waals surface area contributed by atoms with Crippen molar-refractivity contribution in [3.05, 3.63) is 97.4 Å². The molecule has 0 saturated heterocycles. The van der Waals surface area contributed by atoms with Gasteiger partial charge in [0.15, 0.2) is 6.33 Å². The first-order chi connectivity index (χ1) is 19.7. The van der Waals surface area contributed by atoms with Gasteiger partial charge in [-0.1, -0.05) is 19.1 Å². The number of hydrogen-bond acceptors (Lipinski definition) is 6. The van der Waals surface area contributed by atoms with Crippen LogP contribution in [-0.2, 0) is 20.1 Å². The summed E-state index contributed by atoms with van der Waals surface area (Å²) < 4.78 is 19.7. The van der Waals surface area contributed by atoms with E-state index in [9.17, 15) is 4.39 Å². The Morgan fingerprint density at radius 3 is 2.21 bits per heavy atom. The third kappa shape index (κ3) is 7.48. The number of benzene rings is 2. The summed E-state index contributed by atoms with van der Waals surface area (Å²) in [5.74, 6) is 1.76. The van der Waals surface area contributed by atoms with Gasteiger partial charge in [0.1, 0.15) is 23.5 Å². The molecule has 2 aromatic carbocycles. The number of aromatic nitrogens is 6. The minimum atomic E-state index is -1.00. The zero-order chi connectivity index (χ0) is 29.5. The van der Waals surface area contributed by atoms with Crippen LogP contribution in [0.4, 0.5) is 21.7 Å². The molecule has 0 spiro atoms. The normalized spacial score (nSPS) is 12.0. The molecule has 0 fully saturated rings. The van der Waals surface area contributed by atoms with Gasteiger partial charge in [0.2, 0.25) is 0 Å². The number of alkyl halides is 1. The second-order valence-electron chi connectivity index (χ2n) is 9.97. The van der Waals surface area contributed by atoms with E-state index in [-0.39, 0.29) is 32.5 Å². The van der Waals surface area contributed by atoms with Crippen molar-refractivity contribution >= 4 is 28.6 Å². The summed E-state index contributed by atoms with van der Waals surface area (Å²) in [6, 6.07) is 18.4. The van der Waals surface area contributed by atoms with Crippen LogP contribution in [0.2, 0.25) is 0 Å². The van der Waals surface area contributed by atoms with Crippen LogP contribution in [0.5, 0.6) is 0 Å². The predicted octanol–water partition coefficient (Wildman–Crippen LogP) is 3.26. The number of aryl methyl sites for hydroxylation is 2. The van der Waals surface area contributed by atoms with Crippen molar-refractivity contribution in [2.45, 2.75) is 53.6 Å². The maximum atomic E-state index is 9.96. The molecule has 0 saturated carbocycles. The molecule has 1 radical (unpaired) electrons. The van der Waals surface area contributed by atoms with Gasteiger partial charge in [0.25, 0.3) is 5.65 Å². The monoisotopic (exact) mass is 768 g/mol. The number of rotatable bonds is 4. The first-order valence-corrected chi connectivity index (χ1v) is 13.1. The van der Waals surface area contributed by atoms with Gasteiger partial charge in [-0.05, 0) is 58.4 Å². The van der Waals surface area contributed by atoms with E-state index in [2.05, 4.69) is 118 Å². The summed E-state index contributed by atoms with van der Waals surface area (Å²) in [7, 11) is -1.00. The van der Waals surface area contributed by atoms with Crippen LogP contribution in [0, 0.1) is 26.6 Å². The summed E-state index contributed by atoms with van der Waals surface area (Å²) in [5, 5.41) is 0. The van der Waals surface area contributed by atoms with Crippen LogP contribution in [0.1, 0.15) is 46.2 Å². The second-order valence-corrected chi connectivity index (χ2v) is 9.97. The number of imidazole rings is 1. The Balaban J connectivity index is 0.000000264. The van der Waals surface area contributed by atoms with E-state index in [0.29, 0.717) is 12.1 Å². The van der Waals surface area contributed by atoms with E-state index in [1.165, 1.54) is 11.1 Å². The van der Waals surface area contributed by atoms with Gasteiger partial charge < -0.3 is 22.2 Å². The van der Waals surface area contributed by atoms with E-state index in [1.807, 2.05) is 23.7 Å². The first-order valence-electron chi connectivity index (χ1n) is 13.8. The SMILES string of the molecule is Cc1cc[c-]c(N2[CH-]N(C(C)C)c3nccnc32)c1.Cc1cccc(-n2c[n+](C(C)C)c3nccnc32)c1.[2H]CF.[Cl-].[Ir]. The molecular formula is C31H36ClFIrN8-2. The number of halogens is 2. The minimum Gasteiger partial charge on any atom is -1.00 e. The molecule has 1 aliphatic rings. The molecule has 0 amide bonds. The van der Waals surface area contributed by atoms with Crippen molar-refractivity contribution in [1.82, 2.24) is 24.5 Å². The second kappa shape index (κ2) is 15.7. The standard InChI is InChI=1S/C15H17N4.C15H16N4.CH3F.ClH.Ir/c2*1-11(2)18-10-19(13-6-4-5-12(3)9-13)15-14(18)16-7-8-17-15;1-2;;/h4-11H,1-3H3;4-5,7-11H,1-3H3;1H3;1H;/q+1;-2;;;/p-1/i;;1D;;. The maximum Gasteiger partial charge on any atom is 0.322 e. The van der Waals surface area contributed by atoms with Crippen molar-refractivity contribution in [3.63, 3.8) is 0 Å². The van der Waals surface area contributed by atoms with Crippen LogP contribution < -0.4 is 26.8 Å². The van der Waals surface area contributed by atoms with Crippen LogP contribution in [0.25, 0.3) is 17.0 Å². The summed E-state index contributed by atoms with van der Waals surface area (Å²) in [6.45, 7) is 14.8. The summed E-state index contributed by atoms with van der Waals surface area (Å²) in [5.41, 5.74) is 6.35. The quantitative estimate of drug-likeness (QED) is 0.207. The van der Waals surface area contributed by atoms with Gasteiger partial charge in [0, 0.05) is 32.5 Å². The topological polar surface area (TPSA) is 66.9 Å². The molecule has 0 unspecified atom stereocenters. The number of fused-ring (bicyclic) bond motifs is 2. The van der Waals surface area contributed by atoms with E-state index < -0.39 is 7.15 Å². The molecule has 6 rings (SSSR count). The molecule has 0 atom stereocenters. The molecule has 225 valence electrons. The molecule has 1 aliphatic heterocycles. The average molecular weight is 768 g/mol. The van der Waals surface area contributed by atoms with Crippen molar-refractivity contribution in [3.8, 4) is 5.69 Å². The zero-order valence-corrected chi connectivity index (χ0v) is 27.7. The summed E-state index contributed by atoms with van der Waals surface area (Å²) >= 11 is 0. The average Bonchev–Trinajstić information content (AvgIpc) is 3.54. The fourth-order valence-corrected chi connectivity index (χ4v) is 4.42. The first kappa shape index (κ1) is 33.0. The van der Waals surface area contributed by atoms with E-state index in [0.717, 1.165) is 34.3 Å². The third-order valence-electron chi connectivity index (χ3n) is 6.34. The molecule has 0 bridgehead atoms. The van der Waals surface area contributed by atoms with Gasteiger partial charge in [-0.2, -0.15) is 23.8 Å². The molecular weight excluding hydrogens is 731 g/mol. The van der Waals surface area contributed by atoms with Gasteiger partial charge in [0.05, 0.1) is 20.8 Å². The Morgan fingerprint density at radius 1 is 0.929 bits per heavy atom.